The van der Waals surface area contributed by atoms with Crippen LogP contribution in [0.2, 0.25) is 0 Å². The Hall–Kier alpha value is -0.910. The molecule has 0 aromatic heterocycles. The first-order valence-electron chi connectivity index (χ1n) is 8.01. The fourth-order valence-corrected chi connectivity index (χ4v) is 4.39. The second-order valence-electron chi connectivity index (χ2n) is 6.10. The van der Waals surface area contributed by atoms with Crippen molar-refractivity contribution in [2.24, 2.45) is 11.8 Å². The summed E-state index contributed by atoms with van der Waals surface area (Å²) < 4.78 is 0. The van der Waals surface area contributed by atoms with E-state index in [1.54, 1.807) is 0 Å². The van der Waals surface area contributed by atoms with Crippen LogP contribution in [0.1, 0.15) is 44.9 Å². The number of hydrogen-bond acceptors (Lipinski definition) is 3. The predicted molar refractivity (Wildman–Crippen MR) is 84.6 cm³/mol. The number of nitrogens with one attached hydrogen (secondary N) is 2. The highest BCUT2D eigenvalue weighted by molar-refractivity contribution is 7.99. The summed E-state index contributed by atoms with van der Waals surface area (Å²) in [6.07, 6.45) is 6.75. The van der Waals surface area contributed by atoms with E-state index >= 15 is 0 Å². The highest BCUT2D eigenvalue weighted by atomic mass is 32.2. The number of carbonyl (C=O) groups excluding carboxylic acids is 1. The average Bonchev–Trinajstić information content (AvgIpc) is 2.72. The molecule has 2 aliphatic rings. The predicted octanol–water partition coefficient (Wildman–Crippen LogP) is 2.46. The third kappa shape index (κ3) is 5.41. The molecule has 2 amide bonds. The average molecular weight is 314 g/mol. The molecule has 2 atom stereocenters. The molecule has 0 spiro atoms. The van der Waals surface area contributed by atoms with E-state index in [0.29, 0.717) is 18.9 Å². The molecule has 5 nitrogen and oxygen atoms in total. The Morgan fingerprint density at radius 2 is 1.76 bits per heavy atom. The first-order chi connectivity index (χ1) is 10.2. The number of urea groups is 1. The molecule has 0 radical (unpaired) electrons. The molecule has 2 fully saturated rings. The van der Waals surface area contributed by atoms with E-state index in [-0.39, 0.29) is 12.1 Å². The van der Waals surface area contributed by atoms with Crippen LogP contribution in [0.15, 0.2) is 0 Å². The van der Waals surface area contributed by atoms with Gasteiger partial charge in [-0.25, -0.2) is 4.79 Å². The van der Waals surface area contributed by atoms with E-state index < -0.39 is 11.9 Å². The van der Waals surface area contributed by atoms with E-state index in [0.717, 1.165) is 38.5 Å². The van der Waals surface area contributed by atoms with Crippen molar-refractivity contribution in [1.82, 2.24) is 10.6 Å². The monoisotopic (exact) mass is 314 g/mol. The molecule has 1 saturated heterocycles. The van der Waals surface area contributed by atoms with Gasteiger partial charge in [-0.05, 0) is 43.1 Å². The maximum Gasteiger partial charge on any atom is 0.315 e. The van der Waals surface area contributed by atoms with Crippen molar-refractivity contribution in [2.75, 3.05) is 18.1 Å². The lowest BCUT2D eigenvalue weighted by Crippen LogP contribution is -2.48. The Kier molecular flexibility index (Phi) is 6.67. The number of hydrogen-bond donors (Lipinski definition) is 3. The highest BCUT2D eigenvalue weighted by Gasteiger charge is 2.30. The van der Waals surface area contributed by atoms with E-state index in [9.17, 15) is 14.7 Å². The Balaban J connectivity index is 1.77. The Bertz CT molecular complexity index is 359. The van der Waals surface area contributed by atoms with Gasteiger partial charge in [0.05, 0.1) is 5.92 Å². The third-order valence-electron chi connectivity index (χ3n) is 4.54. The number of carboxylic acids is 1. The highest BCUT2D eigenvalue weighted by Crippen LogP contribution is 2.24. The van der Waals surface area contributed by atoms with Crippen LogP contribution in [0.3, 0.4) is 0 Å². The maximum atomic E-state index is 12.0. The zero-order valence-corrected chi connectivity index (χ0v) is 13.3. The van der Waals surface area contributed by atoms with Gasteiger partial charge < -0.3 is 15.7 Å². The quantitative estimate of drug-likeness (QED) is 0.697. The number of thioether (sulfide) groups is 1. The van der Waals surface area contributed by atoms with Gasteiger partial charge in [-0.2, -0.15) is 11.8 Å². The van der Waals surface area contributed by atoms with Crippen molar-refractivity contribution >= 4 is 23.8 Å². The molecular weight excluding hydrogens is 288 g/mol. The van der Waals surface area contributed by atoms with Crippen LogP contribution in [0.25, 0.3) is 0 Å². The van der Waals surface area contributed by atoms with Crippen molar-refractivity contribution in [3.05, 3.63) is 0 Å². The lowest BCUT2D eigenvalue weighted by Gasteiger charge is -2.25. The van der Waals surface area contributed by atoms with Crippen LogP contribution in [0.5, 0.6) is 0 Å². The SMILES string of the molecule is O=C(NCC1CCSCC1)NC1CCCCCC1C(=O)O. The number of carboxylic acid groups (broad SMARTS) is 1. The minimum Gasteiger partial charge on any atom is -0.481 e. The van der Waals surface area contributed by atoms with Crippen molar-refractivity contribution in [3.63, 3.8) is 0 Å². The molecule has 0 aromatic carbocycles. The van der Waals surface area contributed by atoms with Gasteiger partial charge in [-0.1, -0.05) is 19.3 Å². The molecule has 1 saturated carbocycles. The van der Waals surface area contributed by atoms with Crippen molar-refractivity contribution in [2.45, 2.75) is 51.0 Å². The van der Waals surface area contributed by atoms with Gasteiger partial charge in [0.1, 0.15) is 0 Å². The third-order valence-corrected chi connectivity index (χ3v) is 5.59. The number of amides is 2. The van der Waals surface area contributed by atoms with Gasteiger partial charge >= 0.3 is 12.0 Å². The molecule has 2 unspecified atom stereocenters. The van der Waals surface area contributed by atoms with E-state index in [1.165, 1.54) is 11.5 Å². The molecule has 120 valence electrons. The van der Waals surface area contributed by atoms with E-state index in [2.05, 4.69) is 10.6 Å². The summed E-state index contributed by atoms with van der Waals surface area (Å²) in [4.78, 5) is 23.3. The zero-order valence-electron chi connectivity index (χ0n) is 12.5. The van der Waals surface area contributed by atoms with E-state index in [1.807, 2.05) is 11.8 Å². The molecule has 3 N–H and O–H groups in total. The Labute approximate surface area is 130 Å². The molecule has 2 rings (SSSR count). The largest absolute Gasteiger partial charge is 0.481 e. The van der Waals surface area contributed by atoms with Crippen LogP contribution < -0.4 is 10.6 Å². The summed E-state index contributed by atoms with van der Waals surface area (Å²) in [5.41, 5.74) is 0. The van der Waals surface area contributed by atoms with Gasteiger partial charge in [0, 0.05) is 12.6 Å². The molecule has 0 aromatic rings. The van der Waals surface area contributed by atoms with Gasteiger partial charge in [0.15, 0.2) is 0 Å². The van der Waals surface area contributed by atoms with Crippen LogP contribution in [-0.4, -0.2) is 41.2 Å². The van der Waals surface area contributed by atoms with Crippen molar-refractivity contribution < 1.29 is 14.7 Å². The standard InChI is InChI=1S/C15H26N2O3S/c18-14(19)12-4-2-1-3-5-13(12)17-15(20)16-10-11-6-8-21-9-7-11/h11-13H,1-10H2,(H,18,19)(H2,16,17,20). The Morgan fingerprint density at radius 1 is 1.05 bits per heavy atom. The minimum atomic E-state index is -0.786. The fraction of sp³-hybridized carbons (Fsp3) is 0.867. The molecule has 0 bridgehead atoms. The van der Waals surface area contributed by atoms with Crippen LogP contribution >= 0.6 is 11.8 Å². The maximum absolute atomic E-state index is 12.0. The van der Waals surface area contributed by atoms with Crippen LogP contribution in [0, 0.1) is 11.8 Å². The lowest BCUT2D eigenvalue weighted by molar-refractivity contribution is -0.142. The zero-order chi connectivity index (χ0) is 15.1. The van der Waals surface area contributed by atoms with Gasteiger partial charge in [-0.3, -0.25) is 4.79 Å². The lowest BCUT2D eigenvalue weighted by atomic mass is 9.95. The minimum absolute atomic E-state index is 0.202. The van der Waals surface area contributed by atoms with Gasteiger partial charge in [0.2, 0.25) is 0 Å². The Morgan fingerprint density at radius 3 is 2.48 bits per heavy atom. The van der Waals surface area contributed by atoms with Gasteiger partial charge in [0.25, 0.3) is 0 Å². The van der Waals surface area contributed by atoms with Crippen molar-refractivity contribution in [1.29, 1.82) is 0 Å². The summed E-state index contributed by atoms with van der Waals surface area (Å²) in [6.45, 7) is 0.705. The second kappa shape index (κ2) is 8.51. The molecule has 21 heavy (non-hydrogen) atoms. The molecule has 1 aliphatic heterocycles. The summed E-state index contributed by atoms with van der Waals surface area (Å²) in [7, 11) is 0. The smallest absolute Gasteiger partial charge is 0.315 e. The summed E-state index contributed by atoms with van der Waals surface area (Å²) in [5.74, 6) is 1.70. The number of aliphatic carboxylic acids is 1. The van der Waals surface area contributed by atoms with Crippen molar-refractivity contribution in [3.8, 4) is 0 Å². The van der Waals surface area contributed by atoms with Crippen LogP contribution in [0.4, 0.5) is 4.79 Å². The summed E-state index contributed by atoms with van der Waals surface area (Å²) in [6, 6.07) is -0.432. The molecule has 1 heterocycles. The summed E-state index contributed by atoms with van der Waals surface area (Å²) in [5, 5.41) is 15.1. The topological polar surface area (TPSA) is 78.4 Å². The van der Waals surface area contributed by atoms with Gasteiger partial charge in [-0.15, -0.1) is 0 Å². The van der Waals surface area contributed by atoms with E-state index in [4.69, 9.17) is 0 Å². The summed E-state index contributed by atoms with van der Waals surface area (Å²) >= 11 is 1.97. The second-order valence-corrected chi connectivity index (χ2v) is 7.32. The normalized spacial score (nSPS) is 27.6. The fourth-order valence-electron chi connectivity index (χ4n) is 3.18. The first-order valence-corrected chi connectivity index (χ1v) is 9.17. The molecule has 6 heteroatoms. The number of rotatable bonds is 4. The number of carbonyl (C=O) groups is 2. The first kappa shape index (κ1) is 16.5. The molecular formula is C15H26N2O3S. The molecule has 1 aliphatic carbocycles. The van der Waals surface area contributed by atoms with Crippen LogP contribution in [-0.2, 0) is 4.79 Å².